The molecule has 0 amide bonds. The van der Waals surface area contributed by atoms with E-state index in [0.717, 1.165) is 13.0 Å². The summed E-state index contributed by atoms with van der Waals surface area (Å²) in [4.78, 5) is 10.8. The molecule has 0 aliphatic rings. The number of aromatic nitrogens is 2. The fourth-order valence-corrected chi connectivity index (χ4v) is 2.41. The molecule has 1 unspecified atom stereocenters. The standard InChI is InChI=1S/C15H21N2.C7H14O2/c1-4-13(2)15-7-5-14(6-8-15)11-17-10-9-16(3)12-17;1-5-7(2,3)6(8)9-4/h5-10,12-13H,4,11H2,1-3H3;5H2,1-4H3/q+1;. The zero-order valence-electron chi connectivity index (χ0n) is 17.5. The minimum atomic E-state index is -0.311. The van der Waals surface area contributed by atoms with Crippen molar-refractivity contribution < 1.29 is 14.1 Å². The molecule has 0 radical (unpaired) electrons. The summed E-state index contributed by atoms with van der Waals surface area (Å²) in [6, 6.07) is 8.99. The second kappa shape index (κ2) is 10.1. The molecule has 0 aliphatic carbocycles. The molecule has 0 N–H and O–H groups in total. The molecule has 1 aromatic carbocycles. The molecule has 4 heteroatoms. The molecule has 2 aromatic rings. The van der Waals surface area contributed by atoms with Crippen molar-refractivity contribution in [2.24, 2.45) is 12.5 Å². The molecule has 1 heterocycles. The van der Waals surface area contributed by atoms with Crippen molar-refractivity contribution in [3.05, 3.63) is 54.1 Å². The summed E-state index contributed by atoms with van der Waals surface area (Å²) in [5, 5.41) is 0. The fourth-order valence-electron chi connectivity index (χ4n) is 2.41. The maximum absolute atomic E-state index is 10.8. The second-order valence-electron chi connectivity index (χ2n) is 7.53. The number of rotatable bonds is 6. The van der Waals surface area contributed by atoms with Gasteiger partial charge < -0.3 is 4.74 Å². The third-order valence-electron chi connectivity index (χ3n) is 4.97. The number of methoxy groups -OCH3 is 1. The Labute approximate surface area is 158 Å². The van der Waals surface area contributed by atoms with E-state index in [-0.39, 0.29) is 11.4 Å². The Hall–Kier alpha value is -2.10. The summed E-state index contributed by atoms with van der Waals surface area (Å²) >= 11 is 0. The van der Waals surface area contributed by atoms with E-state index in [1.807, 2.05) is 27.8 Å². The van der Waals surface area contributed by atoms with Crippen molar-refractivity contribution in [1.29, 1.82) is 0 Å². The van der Waals surface area contributed by atoms with Crippen LogP contribution in [0.15, 0.2) is 43.0 Å². The third-order valence-corrected chi connectivity index (χ3v) is 4.97. The molecule has 0 spiro atoms. The van der Waals surface area contributed by atoms with Crippen molar-refractivity contribution >= 4 is 5.97 Å². The van der Waals surface area contributed by atoms with E-state index >= 15 is 0 Å². The number of aryl methyl sites for hydroxylation is 1. The first-order chi connectivity index (χ1) is 12.2. The van der Waals surface area contributed by atoms with E-state index in [9.17, 15) is 4.79 Å². The maximum atomic E-state index is 10.8. The number of hydrogen-bond donors (Lipinski definition) is 0. The Morgan fingerprint density at radius 3 is 2.23 bits per heavy atom. The van der Waals surface area contributed by atoms with Crippen molar-refractivity contribution in [3.8, 4) is 0 Å². The van der Waals surface area contributed by atoms with Gasteiger partial charge in [-0.2, -0.15) is 0 Å². The molecule has 144 valence electrons. The quantitative estimate of drug-likeness (QED) is 0.563. The van der Waals surface area contributed by atoms with E-state index in [4.69, 9.17) is 0 Å². The lowest BCUT2D eigenvalue weighted by atomic mass is 9.91. The van der Waals surface area contributed by atoms with Gasteiger partial charge in [-0.25, -0.2) is 9.13 Å². The van der Waals surface area contributed by atoms with Gasteiger partial charge in [0.15, 0.2) is 0 Å². The average molecular weight is 360 g/mol. The molecule has 1 aromatic heterocycles. The van der Waals surface area contributed by atoms with E-state index in [1.165, 1.54) is 24.7 Å². The summed E-state index contributed by atoms with van der Waals surface area (Å²) in [5.41, 5.74) is 2.48. The first kappa shape index (κ1) is 21.9. The number of carbonyl (C=O) groups is 1. The first-order valence-corrected chi connectivity index (χ1v) is 9.41. The molecular weight excluding hydrogens is 324 g/mol. The van der Waals surface area contributed by atoms with Crippen molar-refractivity contribution in [1.82, 2.24) is 4.57 Å². The molecule has 0 saturated carbocycles. The van der Waals surface area contributed by atoms with E-state index < -0.39 is 0 Å². The van der Waals surface area contributed by atoms with Gasteiger partial charge in [-0.05, 0) is 43.7 Å². The molecule has 4 nitrogen and oxygen atoms in total. The lowest BCUT2D eigenvalue weighted by molar-refractivity contribution is -0.671. The highest BCUT2D eigenvalue weighted by molar-refractivity contribution is 5.75. The minimum Gasteiger partial charge on any atom is -0.469 e. The maximum Gasteiger partial charge on any atom is 0.311 e. The van der Waals surface area contributed by atoms with Crippen LogP contribution >= 0.6 is 0 Å². The van der Waals surface area contributed by atoms with Crippen molar-refractivity contribution in [2.45, 2.75) is 59.9 Å². The van der Waals surface area contributed by atoms with Gasteiger partial charge in [0, 0.05) is 0 Å². The fraction of sp³-hybridized carbons (Fsp3) is 0.545. The summed E-state index contributed by atoms with van der Waals surface area (Å²) < 4.78 is 8.82. The van der Waals surface area contributed by atoms with Crippen molar-refractivity contribution in [2.75, 3.05) is 7.11 Å². The Morgan fingerprint density at radius 2 is 1.85 bits per heavy atom. The van der Waals surface area contributed by atoms with Crippen LogP contribution in [0.3, 0.4) is 0 Å². The predicted octanol–water partition coefficient (Wildman–Crippen LogP) is 4.47. The number of benzene rings is 1. The molecule has 0 saturated heterocycles. The Balaban J connectivity index is 0.000000321. The van der Waals surface area contributed by atoms with Gasteiger partial charge in [0.05, 0.1) is 19.6 Å². The zero-order valence-corrected chi connectivity index (χ0v) is 17.5. The summed E-state index contributed by atoms with van der Waals surface area (Å²) in [7, 11) is 3.46. The molecule has 26 heavy (non-hydrogen) atoms. The van der Waals surface area contributed by atoms with Gasteiger partial charge in [0.2, 0.25) is 6.33 Å². The highest BCUT2D eigenvalue weighted by Gasteiger charge is 2.25. The van der Waals surface area contributed by atoms with Crippen LogP contribution in [0, 0.1) is 5.41 Å². The minimum absolute atomic E-state index is 0.134. The van der Waals surface area contributed by atoms with E-state index in [0.29, 0.717) is 5.92 Å². The van der Waals surface area contributed by atoms with Crippen LogP contribution in [-0.2, 0) is 23.1 Å². The van der Waals surface area contributed by atoms with Crippen LogP contribution in [0.4, 0.5) is 0 Å². The van der Waals surface area contributed by atoms with Crippen LogP contribution in [0.5, 0.6) is 0 Å². The number of hydrogen-bond acceptors (Lipinski definition) is 2. The molecule has 1 atom stereocenters. The topological polar surface area (TPSA) is 35.1 Å². The van der Waals surface area contributed by atoms with E-state index in [1.54, 1.807) is 0 Å². The van der Waals surface area contributed by atoms with Gasteiger partial charge in [-0.15, -0.1) is 0 Å². The smallest absolute Gasteiger partial charge is 0.311 e. The Bertz CT molecular complexity index is 672. The van der Waals surface area contributed by atoms with Crippen LogP contribution in [0.1, 0.15) is 64.5 Å². The lowest BCUT2D eigenvalue weighted by Crippen LogP contribution is -2.24. The van der Waals surface area contributed by atoms with Gasteiger partial charge in [0.25, 0.3) is 0 Å². The van der Waals surface area contributed by atoms with Crippen LogP contribution in [-0.4, -0.2) is 17.6 Å². The highest BCUT2D eigenvalue weighted by Crippen LogP contribution is 2.20. The largest absolute Gasteiger partial charge is 0.469 e. The van der Waals surface area contributed by atoms with Crippen LogP contribution in [0.25, 0.3) is 0 Å². The molecule has 0 bridgehead atoms. The number of carbonyl (C=O) groups excluding carboxylic acids is 1. The molecule has 2 rings (SSSR count). The molecule has 0 aliphatic heterocycles. The van der Waals surface area contributed by atoms with Crippen LogP contribution in [0.2, 0.25) is 0 Å². The van der Waals surface area contributed by atoms with Crippen LogP contribution < -0.4 is 4.57 Å². The Morgan fingerprint density at radius 1 is 1.23 bits per heavy atom. The zero-order chi connectivity index (χ0) is 19.7. The summed E-state index contributed by atoms with van der Waals surface area (Å²) in [6.07, 6.45) is 8.28. The van der Waals surface area contributed by atoms with Gasteiger partial charge in [-0.3, -0.25) is 4.79 Å². The summed E-state index contributed by atoms with van der Waals surface area (Å²) in [6.45, 7) is 11.2. The normalized spacial score (nSPS) is 12.1. The average Bonchev–Trinajstić information content (AvgIpc) is 3.06. The van der Waals surface area contributed by atoms with Gasteiger partial charge in [-0.1, -0.05) is 45.0 Å². The monoisotopic (exact) mass is 359 g/mol. The number of imidazole rings is 1. The van der Waals surface area contributed by atoms with Crippen molar-refractivity contribution in [3.63, 3.8) is 0 Å². The molecular formula is C22H35N2O2+. The Kier molecular flexibility index (Phi) is 8.56. The SMILES string of the molecule is CCC(C)(C)C(=O)OC.CCC(C)c1ccc(Cn2cc[n+](C)c2)cc1. The van der Waals surface area contributed by atoms with Gasteiger partial charge in [0.1, 0.15) is 18.9 Å². The summed E-state index contributed by atoms with van der Waals surface area (Å²) in [5.74, 6) is 0.526. The predicted molar refractivity (Wildman–Crippen MR) is 106 cm³/mol. The molecule has 0 fully saturated rings. The number of nitrogens with zero attached hydrogens (tertiary/aromatic N) is 2. The first-order valence-electron chi connectivity index (χ1n) is 9.41. The highest BCUT2D eigenvalue weighted by atomic mass is 16.5. The third kappa shape index (κ3) is 6.66. The second-order valence-corrected chi connectivity index (χ2v) is 7.53. The number of ether oxygens (including phenoxy) is 1. The van der Waals surface area contributed by atoms with Gasteiger partial charge >= 0.3 is 5.97 Å². The lowest BCUT2D eigenvalue weighted by Gasteiger charge is -2.17. The number of esters is 1. The van der Waals surface area contributed by atoms with E-state index in [2.05, 4.69) is 70.7 Å².